The molecule has 6 heteroatoms. The lowest BCUT2D eigenvalue weighted by atomic mass is 10.1. The van der Waals surface area contributed by atoms with Crippen molar-refractivity contribution in [3.63, 3.8) is 0 Å². The van der Waals surface area contributed by atoms with Crippen LogP contribution in [-0.2, 0) is 0 Å². The molecule has 0 bridgehead atoms. The molecule has 0 atom stereocenters. The van der Waals surface area contributed by atoms with Crippen molar-refractivity contribution < 1.29 is 4.79 Å². The zero-order valence-corrected chi connectivity index (χ0v) is 11.2. The number of benzene rings is 1. The fourth-order valence-electron chi connectivity index (χ4n) is 1.53. The third-order valence-corrected chi connectivity index (χ3v) is 2.39. The summed E-state index contributed by atoms with van der Waals surface area (Å²) in [4.78, 5) is 11.9. The number of carbonyl (C=O) groups is 1. The predicted octanol–water partition coefficient (Wildman–Crippen LogP) is 1.45. The van der Waals surface area contributed by atoms with Crippen molar-refractivity contribution in [1.82, 2.24) is 15.5 Å². The molecule has 0 aliphatic heterocycles. The number of nitrogens with zero attached hydrogens (tertiary/aromatic N) is 1. The minimum absolute atomic E-state index is 0. The molecular weight excluding hydrogens is 252 g/mol. The summed E-state index contributed by atoms with van der Waals surface area (Å²) in [6.07, 6.45) is 0. The van der Waals surface area contributed by atoms with E-state index in [1.807, 2.05) is 38.1 Å². The first-order valence-corrected chi connectivity index (χ1v) is 5.47. The molecule has 1 aromatic heterocycles. The van der Waals surface area contributed by atoms with Gasteiger partial charge in [-0.2, -0.15) is 5.10 Å². The highest BCUT2D eigenvalue weighted by Crippen LogP contribution is 2.14. The quantitative estimate of drug-likeness (QED) is 0.788. The molecule has 98 valence electrons. The summed E-state index contributed by atoms with van der Waals surface area (Å²) in [6, 6.07) is 7.51. The molecule has 18 heavy (non-hydrogen) atoms. The Balaban J connectivity index is 0.00000162. The molecule has 0 aliphatic rings. The molecule has 0 spiro atoms. The maximum absolute atomic E-state index is 11.9. The molecule has 0 saturated heterocycles. The van der Waals surface area contributed by atoms with Gasteiger partial charge in [-0.3, -0.25) is 9.89 Å². The van der Waals surface area contributed by atoms with Crippen molar-refractivity contribution in [2.75, 3.05) is 6.54 Å². The van der Waals surface area contributed by atoms with Gasteiger partial charge >= 0.3 is 0 Å². The van der Waals surface area contributed by atoms with E-state index in [2.05, 4.69) is 15.5 Å². The summed E-state index contributed by atoms with van der Waals surface area (Å²) in [5.74, 6) is -0.207. The molecule has 0 fully saturated rings. The van der Waals surface area contributed by atoms with Crippen LogP contribution in [0.5, 0.6) is 0 Å². The van der Waals surface area contributed by atoms with Crippen LogP contribution in [0, 0.1) is 0 Å². The Hall–Kier alpha value is -1.59. The van der Waals surface area contributed by atoms with Gasteiger partial charge in [-0.15, -0.1) is 12.4 Å². The summed E-state index contributed by atoms with van der Waals surface area (Å²) in [6.45, 7) is 4.12. The third-order valence-electron chi connectivity index (χ3n) is 2.39. The predicted molar refractivity (Wildman–Crippen MR) is 73.9 cm³/mol. The van der Waals surface area contributed by atoms with Gasteiger partial charge in [0.2, 0.25) is 0 Å². The highest BCUT2D eigenvalue weighted by Gasteiger charge is 2.16. The normalized spacial score (nSPS) is 11.1. The minimum atomic E-state index is -0.429. The van der Waals surface area contributed by atoms with Crippen molar-refractivity contribution in [3.8, 4) is 0 Å². The number of carbonyl (C=O) groups excluding carboxylic acids is 1. The van der Waals surface area contributed by atoms with Crippen molar-refractivity contribution in [3.05, 3.63) is 30.0 Å². The second-order valence-corrected chi connectivity index (χ2v) is 4.79. The topological polar surface area (TPSA) is 83.8 Å². The molecule has 0 saturated carbocycles. The van der Waals surface area contributed by atoms with Gasteiger partial charge in [0.1, 0.15) is 0 Å². The average molecular weight is 269 g/mol. The Morgan fingerprint density at radius 3 is 2.78 bits per heavy atom. The number of H-pyrrole nitrogens is 1. The van der Waals surface area contributed by atoms with Crippen LogP contribution in [0.1, 0.15) is 24.3 Å². The monoisotopic (exact) mass is 268 g/mol. The SMILES string of the molecule is CC(C)(N)CNC(=O)c1n[nH]c2ccccc12.Cl. The molecule has 1 amide bonds. The Morgan fingerprint density at radius 1 is 1.44 bits per heavy atom. The van der Waals surface area contributed by atoms with Crippen molar-refractivity contribution in [1.29, 1.82) is 0 Å². The zero-order valence-electron chi connectivity index (χ0n) is 10.4. The molecule has 2 rings (SSSR count). The van der Waals surface area contributed by atoms with Crippen molar-refractivity contribution in [2.24, 2.45) is 5.73 Å². The second kappa shape index (κ2) is 5.37. The number of halogens is 1. The van der Waals surface area contributed by atoms with Crippen molar-refractivity contribution >= 4 is 29.2 Å². The van der Waals surface area contributed by atoms with Gasteiger partial charge in [-0.25, -0.2) is 0 Å². The van der Waals surface area contributed by atoms with E-state index in [1.165, 1.54) is 0 Å². The number of aromatic amines is 1. The summed E-state index contributed by atoms with van der Waals surface area (Å²) in [7, 11) is 0. The molecule has 1 heterocycles. The first kappa shape index (κ1) is 14.5. The number of hydrogen-bond acceptors (Lipinski definition) is 3. The van der Waals surface area contributed by atoms with Gasteiger partial charge in [0.05, 0.1) is 5.52 Å². The fraction of sp³-hybridized carbons (Fsp3) is 0.333. The van der Waals surface area contributed by atoms with Crippen LogP contribution in [-0.4, -0.2) is 28.2 Å². The van der Waals surface area contributed by atoms with Crippen LogP contribution in [0.15, 0.2) is 24.3 Å². The van der Waals surface area contributed by atoms with Gasteiger partial charge in [0.15, 0.2) is 5.69 Å². The molecular formula is C12H17ClN4O. The lowest BCUT2D eigenvalue weighted by Gasteiger charge is -2.18. The number of fused-ring (bicyclic) bond motifs is 1. The summed E-state index contributed by atoms with van der Waals surface area (Å²) >= 11 is 0. The molecule has 4 N–H and O–H groups in total. The van der Waals surface area contributed by atoms with Crippen LogP contribution in [0.3, 0.4) is 0 Å². The van der Waals surface area contributed by atoms with E-state index < -0.39 is 5.54 Å². The minimum Gasteiger partial charge on any atom is -0.349 e. The molecule has 0 aliphatic carbocycles. The summed E-state index contributed by atoms with van der Waals surface area (Å²) < 4.78 is 0. The molecule has 0 radical (unpaired) electrons. The van der Waals surface area contributed by atoms with Crippen molar-refractivity contribution in [2.45, 2.75) is 19.4 Å². The molecule has 0 unspecified atom stereocenters. The third kappa shape index (κ3) is 3.21. The van der Waals surface area contributed by atoms with Crippen LogP contribution in [0.25, 0.3) is 10.9 Å². The maximum Gasteiger partial charge on any atom is 0.272 e. The van der Waals surface area contributed by atoms with Crippen LogP contribution in [0.2, 0.25) is 0 Å². The fourth-order valence-corrected chi connectivity index (χ4v) is 1.53. The number of hydrogen-bond donors (Lipinski definition) is 3. The Labute approximate surface area is 112 Å². The Kier molecular flexibility index (Phi) is 4.32. The smallest absolute Gasteiger partial charge is 0.272 e. The van der Waals surface area contributed by atoms with Crippen LogP contribution >= 0.6 is 12.4 Å². The van der Waals surface area contributed by atoms with Gasteiger partial charge < -0.3 is 11.1 Å². The molecule has 5 nitrogen and oxygen atoms in total. The van der Waals surface area contributed by atoms with E-state index in [9.17, 15) is 4.79 Å². The van der Waals surface area contributed by atoms with Crippen LogP contribution in [0.4, 0.5) is 0 Å². The van der Waals surface area contributed by atoms with E-state index in [0.717, 1.165) is 10.9 Å². The van der Waals surface area contributed by atoms with E-state index in [1.54, 1.807) is 0 Å². The van der Waals surface area contributed by atoms with E-state index in [-0.39, 0.29) is 18.3 Å². The lowest BCUT2D eigenvalue weighted by molar-refractivity contribution is 0.0942. The number of aromatic nitrogens is 2. The number of amides is 1. The Bertz CT molecular complexity index is 544. The van der Waals surface area contributed by atoms with E-state index >= 15 is 0 Å². The largest absolute Gasteiger partial charge is 0.349 e. The van der Waals surface area contributed by atoms with Gasteiger partial charge in [0.25, 0.3) is 5.91 Å². The highest BCUT2D eigenvalue weighted by molar-refractivity contribution is 6.04. The maximum atomic E-state index is 11.9. The van der Waals surface area contributed by atoms with Gasteiger partial charge in [-0.05, 0) is 19.9 Å². The number of nitrogens with two attached hydrogens (primary N) is 1. The number of rotatable bonds is 3. The average Bonchev–Trinajstić information content (AvgIpc) is 2.68. The highest BCUT2D eigenvalue weighted by atomic mass is 35.5. The second-order valence-electron chi connectivity index (χ2n) is 4.79. The van der Waals surface area contributed by atoms with Gasteiger partial charge in [0, 0.05) is 17.5 Å². The van der Waals surface area contributed by atoms with E-state index in [4.69, 9.17) is 5.73 Å². The first-order valence-electron chi connectivity index (χ1n) is 5.47. The molecule has 1 aromatic carbocycles. The number of para-hydroxylation sites is 1. The first-order chi connectivity index (χ1) is 7.97. The standard InChI is InChI=1S/C12H16N4O.ClH/c1-12(2,13)7-14-11(17)10-8-5-3-4-6-9(8)15-16-10;/h3-6H,7,13H2,1-2H3,(H,14,17)(H,15,16);1H. The molecule has 2 aromatic rings. The van der Waals surface area contributed by atoms with Crippen LogP contribution < -0.4 is 11.1 Å². The Morgan fingerprint density at radius 2 is 2.11 bits per heavy atom. The summed E-state index contributed by atoms with van der Waals surface area (Å²) in [5, 5.41) is 10.4. The zero-order chi connectivity index (χ0) is 12.5. The summed E-state index contributed by atoms with van der Waals surface area (Å²) in [5.41, 5.74) is 6.64. The number of nitrogens with one attached hydrogen (secondary N) is 2. The lowest BCUT2D eigenvalue weighted by Crippen LogP contribution is -2.45. The van der Waals surface area contributed by atoms with Gasteiger partial charge in [-0.1, -0.05) is 18.2 Å². The van der Waals surface area contributed by atoms with E-state index in [0.29, 0.717) is 12.2 Å².